The largest absolute Gasteiger partial charge is 0.464 e. The molecule has 0 fully saturated rings. The van der Waals surface area contributed by atoms with Crippen molar-refractivity contribution in [1.29, 1.82) is 0 Å². The van der Waals surface area contributed by atoms with Crippen LogP contribution < -0.4 is 0 Å². The van der Waals surface area contributed by atoms with Crippen LogP contribution in [-0.4, -0.2) is 35.7 Å². The number of nitrogens with zero attached hydrogens (tertiary/aromatic N) is 1. The first-order valence-corrected chi connectivity index (χ1v) is 6.73. The van der Waals surface area contributed by atoms with Crippen LogP contribution in [0.2, 0.25) is 0 Å². The Morgan fingerprint density at radius 3 is 2.48 bits per heavy atom. The molecule has 0 aliphatic carbocycles. The van der Waals surface area contributed by atoms with Crippen LogP contribution in [0, 0.1) is 0 Å². The van der Waals surface area contributed by atoms with Gasteiger partial charge in [0, 0.05) is 6.20 Å². The van der Waals surface area contributed by atoms with Crippen molar-refractivity contribution in [2.75, 3.05) is 13.2 Å². The molecule has 0 saturated heterocycles. The summed E-state index contributed by atoms with van der Waals surface area (Å²) < 4.78 is 15.1. The summed E-state index contributed by atoms with van der Waals surface area (Å²) >= 11 is 0. The number of hydrogen-bond acceptors (Lipinski definition) is 6. The number of hydrogen-bond donors (Lipinski definition) is 0. The molecule has 0 saturated carbocycles. The van der Waals surface area contributed by atoms with Gasteiger partial charge in [-0.2, -0.15) is 0 Å². The van der Waals surface area contributed by atoms with E-state index in [0.717, 1.165) is 5.56 Å². The van der Waals surface area contributed by atoms with Crippen molar-refractivity contribution in [1.82, 2.24) is 4.98 Å². The first-order valence-electron chi connectivity index (χ1n) is 6.73. The number of aromatic nitrogens is 1. The molecule has 116 valence electrons. The highest BCUT2D eigenvalue weighted by atomic mass is 16.6. The quantitative estimate of drug-likeness (QED) is 0.748. The van der Waals surface area contributed by atoms with Crippen molar-refractivity contribution in [3.63, 3.8) is 0 Å². The lowest BCUT2D eigenvalue weighted by Gasteiger charge is -2.19. The molecule has 0 aliphatic rings. The van der Waals surface area contributed by atoms with E-state index in [1.165, 1.54) is 6.20 Å². The molecule has 0 radical (unpaired) electrons. The van der Waals surface area contributed by atoms with Crippen LogP contribution in [0.15, 0.2) is 18.3 Å². The van der Waals surface area contributed by atoms with E-state index in [1.807, 2.05) is 0 Å². The average Bonchev–Trinajstić information content (AvgIpc) is 2.38. The van der Waals surface area contributed by atoms with Gasteiger partial charge in [-0.3, -0.25) is 0 Å². The van der Waals surface area contributed by atoms with Gasteiger partial charge in [0.2, 0.25) is 0 Å². The molecule has 0 bridgehead atoms. The second-order valence-corrected chi connectivity index (χ2v) is 5.35. The summed E-state index contributed by atoms with van der Waals surface area (Å²) in [5, 5.41) is 0. The highest BCUT2D eigenvalue weighted by Gasteiger charge is 2.18. The van der Waals surface area contributed by atoms with Gasteiger partial charge in [-0.25, -0.2) is 14.6 Å². The molecule has 0 unspecified atom stereocenters. The number of carbonyl (C=O) groups excluding carboxylic acids is 2. The van der Waals surface area contributed by atoms with E-state index in [1.54, 1.807) is 39.8 Å². The molecule has 1 heterocycles. The Balaban J connectivity index is 2.47. The standard InChI is InChI=1S/C15H21NO5/c1-5-20-13(17)10-19-9-11-6-7-12(16-8-11)14(18)21-15(2,3)4/h6-8H,5,9-10H2,1-4H3. The maximum atomic E-state index is 11.8. The molecule has 0 N–H and O–H groups in total. The molecule has 21 heavy (non-hydrogen) atoms. The molecule has 0 atom stereocenters. The summed E-state index contributed by atoms with van der Waals surface area (Å²) in [5.74, 6) is -0.877. The second-order valence-electron chi connectivity index (χ2n) is 5.35. The Labute approximate surface area is 124 Å². The van der Waals surface area contributed by atoms with E-state index >= 15 is 0 Å². The molecule has 1 aromatic rings. The van der Waals surface area contributed by atoms with Crippen molar-refractivity contribution >= 4 is 11.9 Å². The van der Waals surface area contributed by atoms with E-state index in [0.29, 0.717) is 6.61 Å². The highest BCUT2D eigenvalue weighted by Crippen LogP contribution is 2.11. The van der Waals surface area contributed by atoms with Crippen LogP contribution >= 0.6 is 0 Å². The van der Waals surface area contributed by atoms with Gasteiger partial charge in [0.15, 0.2) is 0 Å². The van der Waals surface area contributed by atoms with Crippen molar-refractivity contribution in [3.05, 3.63) is 29.6 Å². The average molecular weight is 295 g/mol. The highest BCUT2D eigenvalue weighted by molar-refractivity contribution is 5.87. The first kappa shape index (κ1) is 17.1. The predicted molar refractivity (Wildman–Crippen MR) is 75.7 cm³/mol. The molecule has 1 aromatic heterocycles. The minimum absolute atomic E-state index is 0.109. The van der Waals surface area contributed by atoms with Gasteiger partial charge >= 0.3 is 11.9 Å². The van der Waals surface area contributed by atoms with Crippen molar-refractivity contribution in [3.8, 4) is 0 Å². The molecular weight excluding hydrogens is 274 g/mol. The van der Waals surface area contributed by atoms with E-state index in [2.05, 4.69) is 4.98 Å². The Morgan fingerprint density at radius 1 is 1.24 bits per heavy atom. The fraction of sp³-hybridized carbons (Fsp3) is 0.533. The summed E-state index contributed by atoms with van der Waals surface area (Å²) in [4.78, 5) is 26.9. The molecule has 0 aliphatic heterocycles. The van der Waals surface area contributed by atoms with Crippen LogP contribution in [0.4, 0.5) is 0 Å². The van der Waals surface area contributed by atoms with Crippen LogP contribution in [0.25, 0.3) is 0 Å². The third kappa shape index (κ3) is 6.85. The van der Waals surface area contributed by atoms with Gasteiger partial charge in [0.25, 0.3) is 0 Å². The summed E-state index contributed by atoms with van der Waals surface area (Å²) in [6.07, 6.45) is 1.52. The minimum Gasteiger partial charge on any atom is -0.464 e. The molecule has 1 rings (SSSR count). The van der Waals surface area contributed by atoms with Crippen LogP contribution in [0.3, 0.4) is 0 Å². The molecule has 6 heteroatoms. The normalized spacial score (nSPS) is 11.0. The zero-order valence-electron chi connectivity index (χ0n) is 12.8. The summed E-state index contributed by atoms with van der Waals surface area (Å²) in [5.41, 5.74) is 0.436. The van der Waals surface area contributed by atoms with Gasteiger partial charge in [-0.15, -0.1) is 0 Å². The zero-order valence-corrected chi connectivity index (χ0v) is 12.8. The van der Waals surface area contributed by atoms with E-state index in [-0.39, 0.29) is 18.9 Å². The Kier molecular flexibility index (Phi) is 6.30. The lowest BCUT2D eigenvalue weighted by Crippen LogP contribution is -2.24. The van der Waals surface area contributed by atoms with Crippen molar-refractivity contribution in [2.45, 2.75) is 39.9 Å². The Hall–Kier alpha value is -1.95. The monoisotopic (exact) mass is 295 g/mol. The van der Waals surface area contributed by atoms with Crippen molar-refractivity contribution in [2.24, 2.45) is 0 Å². The fourth-order valence-corrected chi connectivity index (χ4v) is 1.42. The summed E-state index contributed by atoms with van der Waals surface area (Å²) in [7, 11) is 0. The molecule has 6 nitrogen and oxygen atoms in total. The third-order valence-electron chi connectivity index (χ3n) is 2.23. The fourth-order valence-electron chi connectivity index (χ4n) is 1.42. The van der Waals surface area contributed by atoms with E-state index in [9.17, 15) is 9.59 Å². The van der Waals surface area contributed by atoms with E-state index < -0.39 is 17.5 Å². The van der Waals surface area contributed by atoms with Gasteiger partial charge < -0.3 is 14.2 Å². The number of carbonyl (C=O) groups is 2. The topological polar surface area (TPSA) is 74.7 Å². The molecule has 0 spiro atoms. The maximum absolute atomic E-state index is 11.8. The SMILES string of the molecule is CCOC(=O)COCc1ccc(C(=O)OC(C)(C)C)nc1. The number of pyridine rings is 1. The van der Waals surface area contributed by atoms with Crippen molar-refractivity contribution < 1.29 is 23.8 Å². The predicted octanol–water partition coefficient (Wildman–Crippen LogP) is 2.12. The number of rotatable bonds is 6. The smallest absolute Gasteiger partial charge is 0.357 e. The Morgan fingerprint density at radius 2 is 1.95 bits per heavy atom. The third-order valence-corrected chi connectivity index (χ3v) is 2.23. The second kappa shape index (κ2) is 7.73. The van der Waals surface area contributed by atoms with Gasteiger partial charge in [-0.05, 0) is 39.3 Å². The lowest BCUT2D eigenvalue weighted by molar-refractivity contribution is -0.148. The number of ether oxygens (including phenoxy) is 3. The van der Waals surface area contributed by atoms with Crippen LogP contribution in [0.5, 0.6) is 0 Å². The first-order chi connectivity index (χ1) is 9.81. The maximum Gasteiger partial charge on any atom is 0.357 e. The minimum atomic E-state index is -0.555. The Bertz CT molecular complexity index is 476. The summed E-state index contributed by atoms with van der Waals surface area (Å²) in [6.45, 7) is 7.56. The zero-order chi connectivity index (χ0) is 15.9. The van der Waals surface area contributed by atoms with Gasteiger partial charge in [-0.1, -0.05) is 6.07 Å². The lowest BCUT2D eigenvalue weighted by atomic mass is 10.2. The summed E-state index contributed by atoms with van der Waals surface area (Å²) in [6, 6.07) is 3.27. The van der Waals surface area contributed by atoms with E-state index in [4.69, 9.17) is 14.2 Å². The molecule has 0 aromatic carbocycles. The van der Waals surface area contributed by atoms with Gasteiger partial charge in [0.05, 0.1) is 13.2 Å². The molecule has 0 amide bonds. The molecular formula is C15H21NO5. The van der Waals surface area contributed by atoms with Crippen LogP contribution in [0.1, 0.15) is 43.7 Å². The number of esters is 2. The van der Waals surface area contributed by atoms with Gasteiger partial charge in [0.1, 0.15) is 17.9 Å². The van der Waals surface area contributed by atoms with Crippen LogP contribution in [-0.2, 0) is 25.6 Å².